The van der Waals surface area contributed by atoms with Crippen molar-refractivity contribution >= 4 is 50.0 Å². The molecule has 0 unspecified atom stereocenters. The molecule has 0 radical (unpaired) electrons. The van der Waals surface area contributed by atoms with E-state index in [-0.39, 0.29) is 22.9 Å². The first-order valence-electron chi connectivity index (χ1n) is 10.8. The number of aromatic nitrogens is 4. The maximum atomic E-state index is 13.2. The molecular formula is C25H21BrN6O3. The van der Waals surface area contributed by atoms with Crippen molar-refractivity contribution in [2.75, 3.05) is 5.43 Å². The number of benzene rings is 3. The number of nitrogens with zero attached hydrogens (tertiary/aromatic N) is 5. The van der Waals surface area contributed by atoms with E-state index in [2.05, 4.69) is 31.4 Å². The van der Waals surface area contributed by atoms with E-state index >= 15 is 0 Å². The second-order valence-corrected chi connectivity index (χ2v) is 9.03. The Labute approximate surface area is 207 Å². The lowest BCUT2D eigenvalue weighted by molar-refractivity contribution is 0.474. The van der Waals surface area contributed by atoms with E-state index in [1.54, 1.807) is 29.8 Å². The number of phenolic OH excluding ortho intramolecular Hbond substituents is 1. The van der Waals surface area contributed by atoms with E-state index in [0.717, 1.165) is 25.4 Å². The molecule has 5 aromatic rings. The molecule has 0 aliphatic rings. The molecule has 3 aromatic carbocycles. The Bertz CT molecular complexity index is 1740. The number of imidazole rings is 1. The summed E-state index contributed by atoms with van der Waals surface area (Å²) in [6.07, 6.45) is 1.46. The zero-order valence-corrected chi connectivity index (χ0v) is 20.5. The molecule has 9 nitrogen and oxygen atoms in total. The fourth-order valence-corrected chi connectivity index (χ4v) is 4.45. The first-order chi connectivity index (χ1) is 16.8. The molecule has 0 saturated carbocycles. The minimum absolute atomic E-state index is 0.0688. The van der Waals surface area contributed by atoms with Gasteiger partial charge in [0.05, 0.1) is 12.8 Å². The van der Waals surface area contributed by atoms with Crippen molar-refractivity contribution in [3.63, 3.8) is 0 Å². The van der Waals surface area contributed by atoms with Crippen LogP contribution in [0, 0.1) is 0 Å². The monoisotopic (exact) mass is 532 g/mol. The van der Waals surface area contributed by atoms with Gasteiger partial charge in [-0.2, -0.15) is 10.1 Å². The Kier molecular flexibility index (Phi) is 5.73. The fraction of sp³-hybridized carbons (Fsp3) is 0.120. The van der Waals surface area contributed by atoms with Gasteiger partial charge in [0, 0.05) is 24.1 Å². The lowest BCUT2D eigenvalue weighted by Crippen LogP contribution is -2.37. The smallest absolute Gasteiger partial charge is 0.332 e. The van der Waals surface area contributed by atoms with Crippen molar-refractivity contribution in [2.45, 2.75) is 6.54 Å². The highest BCUT2D eigenvalue weighted by Crippen LogP contribution is 2.24. The summed E-state index contributed by atoms with van der Waals surface area (Å²) in [5, 5.41) is 16.5. The summed E-state index contributed by atoms with van der Waals surface area (Å²) >= 11 is 3.38. The molecule has 2 heterocycles. The standard InChI is InChI=1S/C25H21BrN6O3/c1-30-22-21(23(34)31(2)25(30)35)32(14-16-8-5-7-15-6-3-4-9-19(15)16)24(28-22)29-27-13-17-12-18(26)10-11-20(17)33/h3-13,33H,14H2,1-2H3,(H,28,29)/b27-13-. The van der Waals surface area contributed by atoms with Crippen LogP contribution >= 0.6 is 15.9 Å². The normalized spacial score (nSPS) is 11.6. The second kappa shape index (κ2) is 8.88. The van der Waals surface area contributed by atoms with Gasteiger partial charge < -0.3 is 5.11 Å². The highest BCUT2D eigenvalue weighted by Gasteiger charge is 2.20. The highest BCUT2D eigenvalue weighted by molar-refractivity contribution is 9.10. The maximum Gasteiger partial charge on any atom is 0.332 e. The number of fused-ring (bicyclic) bond motifs is 2. The fourth-order valence-electron chi connectivity index (χ4n) is 4.07. The van der Waals surface area contributed by atoms with Gasteiger partial charge in [-0.05, 0) is 34.5 Å². The minimum atomic E-state index is -0.466. The Hall–Kier alpha value is -4.18. The number of rotatable bonds is 5. The van der Waals surface area contributed by atoms with Gasteiger partial charge in [-0.3, -0.25) is 18.5 Å². The van der Waals surface area contributed by atoms with Crippen LogP contribution in [0.3, 0.4) is 0 Å². The van der Waals surface area contributed by atoms with Crippen molar-refractivity contribution in [2.24, 2.45) is 19.2 Å². The zero-order chi connectivity index (χ0) is 24.7. The Morgan fingerprint density at radius 2 is 1.83 bits per heavy atom. The quantitative estimate of drug-likeness (QED) is 0.266. The largest absolute Gasteiger partial charge is 0.507 e. The van der Waals surface area contributed by atoms with Gasteiger partial charge in [0.25, 0.3) is 5.56 Å². The molecule has 0 aliphatic heterocycles. The van der Waals surface area contributed by atoms with E-state index in [1.165, 1.54) is 17.8 Å². The minimum Gasteiger partial charge on any atom is -0.507 e. The van der Waals surface area contributed by atoms with Crippen LogP contribution in [0.5, 0.6) is 5.75 Å². The molecule has 0 fully saturated rings. The number of phenols is 1. The molecule has 176 valence electrons. The molecule has 5 rings (SSSR count). The molecule has 0 spiro atoms. The molecule has 0 atom stereocenters. The summed E-state index contributed by atoms with van der Waals surface area (Å²) in [7, 11) is 3.02. The number of anilines is 1. The Morgan fingerprint density at radius 3 is 2.66 bits per heavy atom. The number of hydrogen-bond acceptors (Lipinski definition) is 6. The Balaban J connectivity index is 1.66. The van der Waals surface area contributed by atoms with Crippen molar-refractivity contribution in [1.82, 2.24) is 18.7 Å². The van der Waals surface area contributed by atoms with Gasteiger partial charge in [-0.15, -0.1) is 0 Å². The first kappa shape index (κ1) is 22.6. The summed E-state index contributed by atoms with van der Waals surface area (Å²) in [4.78, 5) is 30.2. The molecule has 35 heavy (non-hydrogen) atoms. The maximum absolute atomic E-state index is 13.2. The molecule has 0 aliphatic carbocycles. The van der Waals surface area contributed by atoms with E-state index < -0.39 is 11.2 Å². The van der Waals surface area contributed by atoms with Crippen molar-refractivity contribution in [3.05, 3.63) is 97.1 Å². The SMILES string of the molecule is Cn1c(=O)c2c(nc(N/N=C\c3cc(Br)ccc3O)n2Cc2cccc3ccccc23)n(C)c1=O. The van der Waals surface area contributed by atoms with Crippen LogP contribution in [0.2, 0.25) is 0 Å². The van der Waals surface area contributed by atoms with E-state index in [1.807, 2.05) is 42.5 Å². The third kappa shape index (κ3) is 4.01. The molecule has 10 heteroatoms. The van der Waals surface area contributed by atoms with E-state index in [9.17, 15) is 14.7 Å². The van der Waals surface area contributed by atoms with Crippen LogP contribution in [0.25, 0.3) is 21.9 Å². The third-order valence-electron chi connectivity index (χ3n) is 5.91. The van der Waals surface area contributed by atoms with Crippen LogP contribution < -0.4 is 16.7 Å². The number of hydrazone groups is 1. The lowest BCUT2D eigenvalue weighted by Gasteiger charge is -2.11. The average molecular weight is 533 g/mol. The van der Waals surface area contributed by atoms with Crippen LogP contribution in [0.15, 0.2) is 79.8 Å². The van der Waals surface area contributed by atoms with Crippen molar-refractivity contribution < 1.29 is 5.11 Å². The topological polar surface area (TPSA) is 106 Å². The van der Waals surface area contributed by atoms with Crippen LogP contribution in [0.4, 0.5) is 5.95 Å². The number of nitrogens with one attached hydrogen (secondary N) is 1. The van der Waals surface area contributed by atoms with Gasteiger partial charge in [0.15, 0.2) is 11.2 Å². The molecule has 0 amide bonds. The summed E-state index contributed by atoms with van der Waals surface area (Å²) in [5.41, 5.74) is 3.99. The van der Waals surface area contributed by atoms with Crippen LogP contribution in [-0.4, -0.2) is 30.0 Å². The predicted molar refractivity (Wildman–Crippen MR) is 140 cm³/mol. The van der Waals surface area contributed by atoms with Crippen LogP contribution in [0.1, 0.15) is 11.1 Å². The van der Waals surface area contributed by atoms with Gasteiger partial charge >= 0.3 is 5.69 Å². The molecule has 0 bridgehead atoms. The number of aromatic hydroxyl groups is 1. The second-order valence-electron chi connectivity index (χ2n) is 8.11. The molecule has 2 aromatic heterocycles. The van der Waals surface area contributed by atoms with E-state index in [0.29, 0.717) is 12.1 Å². The average Bonchev–Trinajstić information content (AvgIpc) is 3.22. The van der Waals surface area contributed by atoms with E-state index in [4.69, 9.17) is 0 Å². The Morgan fingerprint density at radius 1 is 1.06 bits per heavy atom. The molecule has 0 saturated heterocycles. The van der Waals surface area contributed by atoms with Gasteiger partial charge in [0.1, 0.15) is 5.75 Å². The summed E-state index contributed by atoms with van der Waals surface area (Å²) in [6.45, 7) is 0.325. The first-order valence-corrected chi connectivity index (χ1v) is 11.5. The number of hydrogen-bond donors (Lipinski definition) is 2. The lowest BCUT2D eigenvalue weighted by atomic mass is 10.0. The number of halogens is 1. The molecule has 2 N–H and O–H groups in total. The summed E-state index contributed by atoms with van der Waals surface area (Å²) < 4.78 is 4.91. The summed E-state index contributed by atoms with van der Waals surface area (Å²) in [6, 6.07) is 19.0. The van der Waals surface area contributed by atoms with Crippen molar-refractivity contribution in [1.29, 1.82) is 0 Å². The van der Waals surface area contributed by atoms with Gasteiger partial charge in [-0.1, -0.05) is 58.4 Å². The predicted octanol–water partition coefficient (Wildman–Crippen LogP) is 3.55. The van der Waals surface area contributed by atoms with Crippen molar-refractivity contribution in [3.8, 4) is 5.75 Å². The highest BCUT2D eigenvalue weighted by atomic mass is 79.9. The summed E-state index contributed by atoms with van der Waals surface area (Å²) in [5.74, 6) is 0.358. The number of aryl methyl sites for hydroxylation is 1. The third-order valence-corrected chi connectivity index (χ3v) is 6.41. The zero-order valence-electron chi connectivity index (χ0n) is 18.9. The molecular weight excluding hydrogens is 512 g/mol. The van der Waals surface area contributed by atoms with Crippen LogP contribution in [-0.2, 0) is 20.6 Å². The van der Waals surface area contributed by atoms with Gasteiger partial charge in [-0.25, -0.2) is 10.2 Å². The van der Waals surface area contributed by atoms with Gasteiger partial charge in [0.2, 0.25) is 5.95 Å².